The number of ether oxygens (including phenoxy) is 1. The molecule has 1 aliphatic rings. The number of nitrogens with one attached hydrogen (secondary N) is 1. The van der Waals surface area contributed by atoms with Crippen molar-refractivity contribution in [3.05, 3.63) is 72.4 Å². The summed E-state index contributed by atoms with van der Waals surface area (Å²) in [5.74, 6) is 1.61. The van der Waals surface area contributed by atoms with Crippen molar-refractivity contribution in [2.75, 3.05) is 35.9 Å². The molecule has 0 amide bonds. The number of aliphatic hydroxyl groups is 1. The zero-order valence-corrected chi connectivity index (χ0v) is 26.4. The number of hydrogen-bond acceptors (Lipinski definition) is 8. The SMILES string of the molecule is CC(C)(COc1ccn(-c2ccc3nc2-c2ccccc2CCCCCCN(CCCO)c2cccc(n2)SN3)n1)C(F)(F)F. The zero-order chi connectivity index (χ0) is 31.9. The van der Waals surface area contributed by atoms with Crippen LogP contribution in [-0.2, 0) is 6.42 Å². The second kappa shape index (κ2) is 14.6. The summed E-state index contributed by atoms with van der Waals surface area (Å²) in [7, 11) is 0. The summed E-state index contributed by atoms with van der Waals surface area (Å²) in [6.45, 7) is 3.42. The van der Waals surface area contributed by atoms with Crippen molar-refractivity contribution in [3.8, 4) is 22.8 Å². The van der Waals surface area contributed by atoms with E-state index in [1.807, 2.05) is 48.5 Å². The van der Waals surface area contributed by atoms with Gasteiger partial charge in [-0.25, -0.2) is 14.6 Å². The fourth-order valence-corrected chi connectivity index (χ4v) is 5.64. The molecular formula is C33H39F3N6O2S. The van der Waals surface area contributed by atoms with Gasteiger partial charge in [0.15, 0.2) is 0 Å². The molecule has 0 saturated heterocycles. The monoisotopic (exact) mass is 640 g/mol. The first-order valence-electron chi connectivity index (χ1n) is 15.3. The average molecular weight is 641 g/mol. The molecule has 0 saturated carbocycles. The van der Waals surface area contributed by atoms with E-state index < -0.39 is 18.2 Å². The van der Waals surface area contributed by atoms with Crippen molar-refractivity contribution in [2.45, 2.75) is 63.6 Å². The van der Waals surface area contributed by atoms with Gasteiger partial charge < -0.3 is 19.5 Å². The lowest BCUT2D eigenvalue weighted by Crippen LogP contribution is -2.37. The van der Waals surface area contributed by atoms with Gasteiger partial charge in [0.05, 0.1) is 16.8 Å². The number of fused-ring (bicyclic) bond motifs is 6. The van der Waals surface area contributed by atoms with Crippen LogP contribution >= 0.6 is 11.9 Å². The topological polar surface area (TPSA) is 88.3 Å². The van der Waals surface area contributed by atoms with Crippen LogP contribution in [0.15, 0.2) is 71.9 Å². The molecule has 0 atom stereocenters. The number of alkyl halides is 3. The van der Waals surface area contributed by atoms with E-state index in [0.29, 0.717) is 23.6 Å². The van der Waals surface area contributed by atoms with Gasteiger partial charge in [-0.1, -0.05) is 43.2 Å². The van der Waals surface area contributed by atoms with Gasteiger partial charge in [-0.2, -0.15) is 13.2 Å². The van der Waals surface area contributed by atoms with Gasteiger partial charge in [0, 0.05) is 49.5 Å². The van der Waals surface area contributed by atoms with Gasteiger partial charge in [0.1, 0.15) is 23.3 Å². The van der Waals surface area contributed by atoms with E-state index in [1.165, 1.54) is 11.9 Å². The Morgan fingerprint density at radius 3 is 2.60 bits per heavy atom. The highest BCUT2D eigenvalue weighted by atomic mass is 32.2. The fraction of sp³-hybridized carbons (Fsp3) is 0.424. The number of aliphatic hydroxyl groups excluding tert-OH is 1. The van der Waals surface area contributed by atoms with Crippen molar-refractivity contribution < 1.29 is 23.0 Å². The van der Waals surface area contributed by atoms with Gasteiger partial charge in [0.2, 0.25) is 5.88 Å². The molecule has 3 aromatic heterocycles. The maximum absolute atomic E-state index is 13.4. The highest BCUT2D eigenvalue weighted by Crippen LogP contribution is 2.38. The molecule has 4 heterocycles. The number of halogens is 3. The molecule has 0 radical (unpaired) electrons. The third kappa shape index (κ3) is 8.29. The van der Waals surface area contributed by atoms with Gasteiger partial charge in [-0.3, -0.25) is 0 Å². The lowest BCUT2D eigenvalue weighted by molar-refractivity contribution is -0.219. The van der Waals surface area contributed by atoms with Crippen LogP contribution < -0.4 is 14.4 Å². The molecule has 12 heteroatoms. The Labute approximate surface area is 266 Å². The molecule has 4 aromatic rings. The van der Waals surface area contributed by atoms with Crippen molar-refractivity contribution in [1.82, 2.24) is 19.7 Å². The number of aryl methyl sites for hydroxylation is 1. The highest BCUT2D eigenvalue weighted by molar-refractivity contribution is 8.00. The van der Waals surface area contributed by atoms with Crippen LogP contribution in [0.5, 0.6) is 5.88 Å². The molecule has 0 aliphatic carbocycles. The molecule has 0 unspecified atom stereocenters. The Morgan fingerprint density at radius 2 is 1.78 bits per heavy atom. The first-order valence-corrected chi connectivity index (χ1v) is 16.1. The first-order chi connectivity index (χ1) is 21.6. The van der Waals surface area contributed by atoms with E-state index >= 15 is 0 Å². The molecule has 45 heavy (non-hydrogen) atoms. The quantitative estimate of drug-likeness (QED) is 0.199. The van der Waals surface area contributed by atoms with E-state index in [4.69, 9.17) is 14.7 Å². The second-order valence-electron chi connectivity index (χ2n) is 11.8. The molecule has 0 spiro atoms. The molecule has 8 nitrogen and oxygen atoms in total. The lowest BCUT2D eigenvalue weighted by atomic mass is 9.94. The number of benzene rings is 1. The number of nitrogens with zero attached hydrogens (tertiary/aromatic N) is 5. The largest absolute Gasteiger partial charge is 0.476 e. The van der Waals surface area contributed by atoms with Crippen LogP contribution in [0.2, 0.25) is 0 Å². The summed E-state index contributed by atoms with van der Waals surface area (Å²) in [5, 5.41) is 14.7. The second-order valence-corrected chi connectivity index (χ2v) is 12.6. The molecular weight excluding hydrogens is 601 g/mol. The predicted octanol–water partition coefficient (Wildman–Crippen LogP) is 7.72. The molecule has 0 fully saturated rings. The normalized spacial score (nSPS) is 14.8. The van der Waals surface area contributed by atoms with Crippen LogP contribution in [0.25, 0.3) is 16.9 Å². The van der Waals surface area contributed by atoms with E-state index in [1.54, 1.807) is 16.9 Å². The number of anilines is 2. The van der Waals surface area contributed by atoms with Crippen molar-refractivity contribution in [1.29, 1.82) is 0 Å². The minimum Gasteiger partial charge on any atom is -0.476 e. The Morgan fingerprint density at radius 1 is 0.956 bits per heavy atom. The predicted molar refractivity (Wildman–Crippen MR) is 172 cm³/mol. The summed E-state index contributed by atoms with van der Waals surface area (Å²) in [6.07, 6.45) is 3.03. The molecule has 5 rings (SSSR count). The Balaban J connectivity index is 1.47. The van der Waals surface area contributed by atoms with Gasteiger partial charge in [0.25, 0.3) is 0 Å². The standard InChI is InChI=1S/C33H39F3N6O2S/c1-32(2,33(34,35)36)23-44-29-18-21-42(39-29)26-16-17-27-37-31(26)25-13-7-6-12-24(25)11-5-3-4-8-19-41(20-10-22-43)28-14-9-15-30(38-28)45-40-27/h6-7,9,12-18,21,43H,3-5,8,10-11,19-20,22-23H2,1-2H3,(H,37,40). The highest BCUT2D eigenvalue weighted by Gasteiger charge is 2.48. The molecule has 4 bridgehead atoms. The Hall–Kier alpha value is -3.77. The minimum atomic E-state index is -4.40. The summed E-state index contributed by atoms with van der Waals surface area (Å²) in [5.41, 5.74) is 1.49. The van der Waals surface area contributed by atoms with Crippen molar-refractivity contribution in [2.24, 2.45) is 5.41 Å². The molecule has 2 N–H and O–H groups in total. The fourth-order valence-electron chi connectivity index (χ4n) is 5.03. The summed E-state index contributed by atoms with van der Waals surface area (Å²) < 4.78 is 50.5. The third-order valence-corrected chi connectivity index (χ3v) is 8.56. The number of hydrogen-bond donors (Lipinski definition) is 2. The first kappa shape index (κ1) is 32.6. The summed E-state index contributed by atoms with van der Waals surface area (Å²) >= 11 is 1.36. The van der Waals surface area contributed by atoms with Crippen LogP contribution in [0, 0.1) is 5.41 Å². The zero-order valence-electron chi connectivity index (χ0n) is 25.6. The average Bonchev–Trinajstić information content (AvgIpc) is 3.50. The smallest absolute Gasteiger partial charge is 0.397 e. The van der Waals surface area contributed by atoms with Crippen LogP contribution in [0.4, 0.5) is 24.8 Å². The van der Waals surface area contributed by atoms with Gasteiger partial charge in [-0.15, -0.1) is 5.10 Å². The van der Waals surface area contributed by atoms with E-state index in [9.17, 15) is 18.3 Å². The summed E-state index contributed by atoms with van der Waals surface area (Å²) in [6, 6.07) is 19.4. The maximum Gasteiger partial charge on any atom is 0.397 e. The van der Waals surface area contributed by atoms with Crippen LogP contribution in [0.3, 0.4) is 0 Å². The van der Waals surface area contributed by atoms with Gasteiger partial charge >= 0.3 is 6.18 Å². The molecule has 240 valence electrons. The van der Waals surface area contributed by atoms with E-state index in [-0.39, 0.29) is 12.5 Å². The number of rotatable bonds is 7. The Bertz CT molecular complexity index is 1560. The molecule has 1 aromatic carbocycles. The van der Waals surface area contributed by atoms with Gasteiger partial charge in [-0.05, 0) is 69.4 Å². The third-order valence-electron chi connectivity index (χ3n) is 7.81. The van der Waals surface area contributed by atoms with E-state index in [2.05, 4.69) is 20.8 Å². The molecule has 1 aliphatic heterocycles. The van der Waals surface area contributed by atoms with Crippen molar-refractivity contribution >= 4 is 23.6 Å². The number of aromatic nitrogens is 4. The van der Waals surface area contributed by atoms with Crippen LogP contribution in [-0.4, -0.2) is 57.3 Å². The van der Waals surface area contributed by atoms with E-state index in [0.717, 1.165) is 81.0 Å². The maximum atomic E-state index is 13.4. The minimum absolute atomic E-state index is 0.105. The summed E-state index contributed by atoms with van der Waals surface area (Å²) in [4.78, 5) is 12.1. The number of pyridine rings is 2. The lowest BCUT2D eigenvalue weighted by Gasteiger charge is -2.26. The van der Waals surface area contributed by atoms with Crippen molar-refractivity contribution in [3.63, 3.8) is 0 Å². The Kier molecular flexibility index (Phi) is 10.5. The van der Waals surface area contributed by atoms with Crippen LogP contribution in [0.1, 0.15) is 51.5 Å².